The maximum Gasteiger partial charge on any atom is 0.159 e. The van der Waals surface area contributed by atoms with Crippen molar-refractivity contribution in [1.82, 2.24) is 34.8 Å². The molecule has 1 aliphatic rings. The Morgan fingerprint density at radius 1 is 0.839 bits per heavy atom. The number of aromatic nitrogens is 6. The molecule has 0 aliphatic carbocycles. The first kappa shape index (κ1) is 19.6. The van der Waals surface area contributed by atoms with Crippen LogP contribution in [-0.2, 0) is 0 Å². The smallest absolute Gasteiger partial charge is 0.159 e. The average Bonchev–Trinajstić information content (AvgIpc) is 3.51. The summed E-state index contributed by atoms with van der Waals surface area (Å²) in [4.78, 5) is 9.27. The molecule has 1 N–H and O–H groups in total. The van der Waals surface area contributed by atoms with Gasteiger partial charge in [0.25, 0.3) is 0 Å². The number of nitrogens with one attached hydrogen (secondary N) is 1. The summed E-state index contributed by atoms with van der Waals surface area (Å²) in [5.74, 6) is 0.715. The molecule has 4 heterocycles. The topological polar surface area (TPSA) is 73.5 Å². The zero-order chi connectivity index (χ0) is 21.2. The average molecular weight is 414 g/mol. The monoisotopic (exact) mass is 413 g/mol. The van der Waals surface area contributed by atoms with Crippen LogP contribution in [0.5, 0.6) is 0 Å². The number of hydrogen-bond donors (Lipinski definition) is 1. The molecule has 7 nitrogen and oxygen atoms in total. The van der Waals surface area contributed by atoms with Crippen LogP contribution in [0.2, 0.25) is 0 Å². The highest BCUT2D eigenvalue weighted by Crippen LogP contribution is 2.27. The van der Waals surface area contributed by atoms with E-state index in [1.807, 2.05) is 41.6 Å². The molecule has 0 spiro atoms. The maximum absolute atomic E-state index is 4.64. The molecule has 0 amide bonds. The molecule has 1 fully saturated rings. The molecular weight excluding hydrogens is 386 g/mol. The van der Waals surface area contributed by atoms with Crippen molar-refractivity contribution in [1.29, 1.82) is 0 Å². The van der Waals surface area contributed by atoms with Gasteiger partial charge in [0.1, 0.15) is 0 Å². The Morgan fingerprint density at radius 2 is 1.55 bits per heavy atom. The lowest BCUT2D eigenvalue weighted by Crippen LogP contribution is -2.29. The summed E-state index contributed by atoms with van der Waals surface area (Å²) in [6, 6.07) is 9.10. The summed E-state index contributed by atoms with van der Waals surface area (Å²) in [5.41, 5.74) is 5.24. The number of hydrogen-bond acceptors (Lipinski definition) is 5. The highest BCUT2D eigenvalue weighted by atomic mass is 15.3. The lowest BCUT2D eigenvalue weighted by Gasteiger charge is -2.22. The van der Waals surface area contributed by atoms with Crippen LogP contribution < -0.4 is 5.32 Å². The standard InChI is InChI=1S/C24H27N7/c1-17(2)30-15-21(13-28-30)18-4-3-5-19(10-18)24-26-11-20(12-27-24)22-14-29-31(16-22)23-6-8-25-9-7-23/h3-5,10-17,23,25H,6-9H2,1-2H3. The molecule has 31 heavy (non-hydrogen) atoms. The van der Waals surface area contributed by atoms with Crippen molar-refractivity contribution >= 4 is 0 Å². The second kappa shape index (κ2) is 8.43. The summed E-state index contributed by atoms with van der Waals surface area (Å²) >= 11 is 0. The van der Waals surface area contributed by atoms with Crippen LogP contribution in [0.15, 0.2) is 61.4 Å². The molecule has 3 aromatic heterocycles. The van der Waals surface area contributed by atoms with Gasteiger partial charge in [0.05, 0.1) is 18.4 Å². The van der Waals surface area contributed by atoms with Crippen LogP contribution in [0.25, 0.3) is 33.6 Å². The van der Waals surface area contributed by atoms with E-state index in [9.17, 15) is 0 Å². The van der Waals surface area contributed by atoms with E-state index in [1.165, 1.54) is 0 Å². The van der Waals surface area contributed by atoms with Gasteiger partial charge in [0.15, 0.2) is 5.82 Å². The molecule has 0 saturated carbocycles. The summed E-state index contributed by atoms with van der Waals surface area (Å²) < 4.78 is 4.06. The fourth-order valence-electron chi connectivity index (χ4n) is 3.99. The molecule has 158 valence electrons. The third-order valence-corrected chi connectivity index (χ3v) is 5.85. The van der Waals surface area contributed by atoms with E-state index in [0.717, 1.165) is 53.7 Å². The summed E-state index contributed by atoms with van der Waals surface area (Å²) in [7, 11) is 0. The molecule has 0 unspecified atom stereocenters. The second-order valence-corrected chi connectivity index (χ2v) is 8.37. The number of rotatable bonds is 5. The fourth-order valence-corrected chi connectivity index (χ4v) is 3.99. The zero-order valence-corrected chi connectivity index (χ0v) is 17.9. The minimum atomic E-state index is 0.340. The minimum Gasteiger partial charge on any atom is -0.317 e. The van der Waals surface area contributed by atoms with Gasteiger partial charge in [-0.3, -0.25) is 9.36 Å². The van der Waals surface area contributed by atoms with E-state index < -0.39 is 0 Å². The summed E-state index contributed by atoms with van der Waals surface area (Å²) in [6.07, 6.45) is 14.0. The Morgan fingerprint density at radius 3 is 2.29 bits per heavy atom. The summed E-state index contributed by atoms with van der Waals surface area (Å²) in [5, 5.41) is 12.4. The second-order valence-electron chi connectivity index (χ2n) is 8.37. The van der Waals surface area contributed by atoms with Gasteiger partial charge in [0.2, 0.25) is 0 Å². The Bertz CT molecular complexity index is 1150. The van der Waals surface area contributed by atoms with E-state index in [4.69, 9.17) is 0 Å². The van der Waals surface area contributed by atoms with Crippen LogP contribution in [0.4, 0.5) is 0 Å². The van der Waals surface area contributed by atoms with Crippen LogP contribution in [0.3, 0.4) is 0 Å². The first-order valence-electron chi connectivity index (χ1n) is 10.9. The molecule has 1 aromatic carbocycles. The van der Waals surface area contributed by atoms with Crippen molar-refractivity contribution in [3.05, 3.63) is 61.4 Å². The molecular formula is C24H27N7. The van der Waals surface area contributed by atoms with Crippen LogP contribution in [-0.4, -0.2) is 42.6 Å². The van der Waals surface area contributed by atoms with E-state index in [0.29, 0.717) is 17.9 Å². The van der Waals surface area contributed by atoms with Crippen molar-refractivity contribution in [3.63, 3.8) is 0 Å². The predicted octanol–water partition coefficient (Wildman–Crippen LogP) is 4.38. The van der Waals surface area contributed by atoms with Crippen LogP contribution >= 0.6 is 0 Å². The Hall–Kier alpha value is -3.32. The molecule has 1 saturated heterocycles. The lowest BCUT2D eigenvalue weighted by atomic mass is 10.1. The Kier molecular flexibility index (Phi) is 5.34. The molecule has 0 bridgehead atoms. The van der Waals surface area contributed by atoms with Crippen LogP contribution in [0, 0.1) is 0 Å². The third-order valence-electron chi connectivity index (χ3n) is 5.85. The highest BCUT2D eigenvalue weighted by Gasteiger charge is 2.16. The largest absolute Gasteiger partial charge is 0.317 e. The zero-order valence-electron chi connectivity index (χ0n) is 17.9. The van der Waals surface area contributed by atoms with E-state index in [-0.39, 0.29) is 0 Å². The quantitative estimate of drug-likeness (QED) is 0.526. The predicted molar refractivity (Wildman–Crippen MR) is 121 cm³/mol. The van der Waals surface area contributed by atoms with E-state index >= 15 is 0 Å². The lowest BCUT2D eigenvalue weighted by molar-refractivity contribution is 0.343. The summed E-state index contributed by atoms with van der Waals surface area (Å²) in [6.45, 7) is 6.35. The van der Waals surface area contributed by atoms with E-state index in [1.54, 1.807) is 0 Å². The van der Waals surface area contributed by atoms with Gasteiger partial charge in [-0.1, -0.05) is 18.2 Å². The van der Waals surface area contributed by atoms with Gasteiger partial charge in [-0.05, 0) is 51.4 Å². The normalized spacial score (nSPS) is 14.9. The first-order valence-corrected chi connectivity index (χ1v) is 10.9. The number of benzene rings is 1. The highest BCUT2D eigenvalue weighted by molar-refractivity contribution is 5.70. The number of piperidine rings is 1. The van der Waals surface area contributed by atoms with Crippen molar-refractivity contribution in [2.24, 2.45) is 0 Å². The van der Waals surface area contributed by atoms with Crippen molar-refractivity contribution in [2.45, 2.75) is 38.8 Å². The third kappa shape index (κ3) is 4.14. The molecule has 0 radical (unpaired) electrons. The molecule has 4 aromatic rings. The van der Waals surface area contributed by atoms with E-state index in [2.05, 4.69) is 68.5 Å². The van der Waals surface area contributed by atoms with Gasteiger partial charge < -0.3 is 5.32 Å². The van der Waals surface area contributed by atoms with Crippen molar-refractivity contribution in [3.8, 4) is 33.6 Å². The van der Waals surface area contributed by atoms with Gasteiger partial charge >= 0.3 is 0 Å². The molecule has 7 heteroatoms. The number of nitrogens with zero attached hydrogens (tertiary/aromatic N) is 6. The molecule has 0 atom stereocenters. The molecule has 1 aliphatic heterocycles. The van der Waals surface area contributed by atoms with Gasteiger partial charge in [0, 0.05) is 53.1 Å². The van der Waals surface area contributed by atoms with Gasteiger partial charge in [-0.25, -0.2) is 9.97 Å². The SMILES string of the molecule is CC(C)n1cc(-c2cccc(-c3ncc(-c4cnn(C5CCNCC5)c4)cn3)c2)cn1. The Balaban J connectivity index is 1.36. The van der Waals surface area contributed by atoms with Gasteiger partial charge in [-0.2, -0.15) is 10.2 Å². The van der Waals surface area contributed by atoms with Gasteiger partial charge in [-0.15, -0.1) is 0 Å². The van der Waals surface area contributed by atoms with Crippen LogP contribution in [0.1, 0.15) is 38.8 Å². The fraction of sp³-hybridized carbons (Fsp3) is 0.333. The first-order chi connectivity index (χ1) is 15.2. The maximum atomic E-state index is 4.64. The van der Waals surface area contributed by atoms with Crippen molar-refractivity contribution in [2.75, 3.05) is 13.1 Å². The minimum absolute atomic E-state index is 0.340. The Labute approximate surface area is 182 Å². The van der Waals surface area contributed by atoms with Crippen molar-refractivity contribution < 1.29 is 0 Å². The molecule has 5 rings (SSSR count).